The summed E-state index contributed by atoms with van der Waals surface area (Å²) in [6.45, 7) is 0. The van der Waals surface area contributed by atoms with Crippen molar-refractivity contribution in [3.63, 3.8) is 0 Å². The Morgan fingerprint density at radius 2 is 1.50 bits per heavy atom. The Morgan fingerprint density at radius 1 is 0.808 bits per heavy atom. The molecule has 0 atom stereocenters. The van der Waals surface area contributed by atoms with E-state index in [-0.39, 0.29) is 5.69 Å². The number of benzene rings is 3. The molecule has 0 amide bonds. The van der Waals surface area contributed by atoms with Gasteiger partial charge in [-0.1, -0.05) is 24.3 Å². The van der Waals surface area contributed by atoms with Gasteiger partial charge in [0, 0.05) is 0 Å². The maximum absolute atomic E-state index is 12.7. The molecule has 0 aromatic heterocycles. The minimum atomic E-state index is -4.38. The quantitative estimate of drug-likeness (QED) is 0.453. The minimum absolute atomic E-state index is 0.264. The first-order valence-corrected chi connectivity index (χ1v) is 7.80. The van der Waals surface area contributed by atoms with Gasteiger partial charge in [-0.15, -0.1) is 0 Å². The highest BCUT2D eigenvalue weighted by Crippen LogP contribution is 2.30. The molecule has 0 fully saturated rings. The van der Waals surface area contributed by atoms with E-state index in [1.165, 1.54) is 18.3 Å². The van der Waals surface area contributed by atoms with Crippen molar-refractivity contribution in [3.8, 4) is 11.5 Å². The predicted molar refractivity (Wildman–Crippen MR) is 95.6 cm³/mol. The van der Waals surface area contributed by atoms with Gasteiger partial charge in [0.15, 0.2) is 0 Å². The van der Waals surface area contributed by atoms with Gasteiger partial charge in [0.05, 0.1) is 17.5 Å². The largest absolute Gasteiger partial charge is 0.457 e. The lowest BCUT2D eigenvalue weighted by Crippen LogP contribution is -2.05. The van der Waals surface area contributed by atoms with E-state index in [2.05, 4.69) is 10.5 Å². The second-order valence-electron chi connectivity index (χ2n) is 5.43. The smallest absolute Gasteiger partial charge is 0.416 e. The molecular weight excluding hydrogens is 341 g/mol. The first-order chi connectivity index (χ1) is 12.5. The number of halogens is 3. The lowest BCUT2D eigenvalue weighted by molar-refractivity contribution is -0.137. The molecule has 0 saturated carbocycles. The van der Waals surface area contributed by atoms with Gasteiger partial charge in [0.2, 0.25) is 0 Å². The molecule has 6 heteroatoms. The maximum atomic E-state index is 12.7. The van der Waals surface area contributed by atoms with Crippen LogP contribution in [0.15, 0.2) is 84.0 Å². The lowest BCUT2D eigenvalue weighted by atomic mass is 10.2. The van der Waals surface area contributed by atoms with Gasteiger partial charge in [-0.2, -0.15) is 18.3 Å². The van der Waals surface area contributed by atoms with Crippen molar-refractivity contribution < 1.29 is 17.9 Å². The van der Waals surface area contributed by atoms with Crippen molar-refractivity contribution >= 4 is 11.9 Å². The first kappa shape index (κ1) is 17.5. The number of para-hydroxylation sites is 1. The number of nitrogens with zero attached hydrogens (tertiary/aromatic N) is 1. The van der Waals surface area contributed by atoms with Crippen LogP contribution in [0.25, 0.3) is 0 Å². The minimum Gasteiger partial charge on any atom is -0.457 e. The molecule has 3 rings (SSSR count). The highest BCUT2D eigenvalue weighted by Gasteiger charge is 2.30. The van der Waals surface area contributed by atoms with Gasteiger partial charge >= 0.3 is 6.18 Å². The monoisotopic (exact) mass is 356 g/mol. The van der Waals surface area contributed by atoms with Crippen LogP contribution in [0.3, 0.4) is 0 Å². The average molecular weight is 356 g/mol. The zero-order valence-corrected chi connectivity index (χ0v) is 13.6. The number of hydrazone groups is 1. The Kier molecular flexibility index (Phi) is 5.22. The summed E-state index contributed by atoms with van der Waals surface area (Å²) in [7, 11) is 0. The second kappa shape index (κ2) is 7.74. The number of hydrogen-bond acceptors (Lipinski definition) is 3. The number of nitrogens with one attached hydrogen (secondary N) is 1. The topological polar surface area (TPSA) is 33.6 Å². The second-order valence-corrected chi connectivity index (χ2v) is 5.43. The number of rotatable bonds is 5. The molecule has 3 nitrogen and oxygen atoms in total. The van der Waals surface area contributed by atoms with Crippen molar-refractivity contribution in [1.82, 2.24) is 0 Å². The van der Waals surface area contributed by atoms with Crippen LogP contribution in [0.2, 0.25) is 0 Å². The first-order valence-electron chi connectivity index (χ1n) is 7.80. The molecule has 1 N–H and O–H groups in total. The van der Waals surface area contributed by atoms with Crippen LogP contribution < -0.4 is 10.2 Å². The third-order valence-corrected chi connectivity index (χ3v) is 3.46. The SMILES string of the molecule is FC(F)(F)c1cccc(NN=Cc2ccc(Oc3ccccc3)cc2)c1. The molecule has 26 heavy (non-hydrogen) atoms. The summed E-state index contributed by atoms with van der Waals surface area (Å²) in [5, 5.41) is 3.97. The van der Waals surface area contributed by atoms with Crippen LogP contribution in [-0.2, 0) is 6.18 Å². The molecular formula is C20H15F3N2O. The molecule has 0 saturated heterocycles. The Labute approximate surface area is 148 Å². The standard InChI is InChI=1S/C20H15F3N2O/c21-20(22,23)16-5-4-6-17(13-16)25-24-14-15-9-11-19(12-10-15)26-18-7-2-1-3-8-18/h1-14,25H. The van der Waals surface area contributed by atoms with Crippen LogP contribution in [0.5, 0.6) is 11.5 Å². The van der Waals surface area contributed by atoms with E-state index in [9.17, 15) is 13.2 Å². The molecule has 0 aliphatic heterocycles. The summed E-state index contributed by atoms with van der Waals surface area (Å²) in [6, 6.07) is 21.4. The number of anilines is 1. The maximum Gasteiger partial charge on any atom is 0.416 e. The molecule has 0 heterocycles. The number of hydrogen-bond donors (Lipinski definition) is 1. The Bertz CT molecular complexity index is 876. The van der Waals surface area contributed by atoms with Gasteiger partial charge in [-0.05, 0) is 60.2 Å². The number of ether oxygens (including phenoxy) is 1. The summed E-state index contributed by atoms with van der Waals surface area (Å²) in [5.74, 6) is 1.42. The van der Waals surface area contributed by atoms with Crippen molar-refractivity contribution in [3.05, 3.63) is 90.0 Å². The van der Waals surface area contributed by atoms with E-state index >= 15 is 0 Å². The van der Waals surface area contributed by atoms with Crippen molar-refractivity contribution in [2.45, 2.75) is 6.18 Å². The zero-order chi connectivity index (χ0) is 18.4. The van der Waals surface area contributed by atoms with E-state index in [0.29, 0.717) is 5.75 Å². The van der Waals surface area contributed by atoms with E-state index in [0.717, 1.165) is 23.4 Å². The van der Waals surface area contributed by atoms with Gasteiger partial charge in [-0.3, -0.25) is 5.43 Å². The molecule has 0 radical (unpaired) electrons. The van der Waals surface area contributed by atoms with E-state index in [1.54, 1.807) is 24.3 Å². The Balaban J connectivity index is 1.61. The predicted octanol–water partition coefficient (Wildman–Crippen LogP) is 5.94. The van der Waals surface area contributed by atoms with Crippen molar-refractivity contribution in [2.24, 2.45) is 5.10 Å². The Morgan fingerprint density at radius 3 is 2.19 bits per heavy atom. The van der Waals surface area contributed by atoms with Gasteiger partial charge < -0.3 is 4.74 Å². The lowest BCUT2D eigenvalue weighted by Gasteiger charge is -2.08. The van der Waals surface area contributed by atoms with Crippen LogP contribution >= 0.6 is 0 Å². The zero-order valence-electron chi connectivity index (χ0n) is 13.6. The summed E-state index contributed by atoms with van der Waals surface area (Å²) in [4.78, 5) is 0. The van der Waals surface area contributed by atoms with Crippen molar-refractivity contribution in [2.75, 3.05) is 5.43 Å². The summed E-state index contributed by atoms with van der Waals surface area (Å²) < 4.78 is 43.7. The fourth-order valence-electron chi connectivity index (χ4n) is 2.19. The molecule has 0 aliphatic rings. The van der Waals surface area contributed by atoms with Crippen LogP contribution in [0, 0.1) is 0 Å². The average Bonchev–Trinajstić information content (AvgIpc) is 2.64. The third-order valence-electron chi connectivity index (χ3n) is 3.46. The number of alkyl halides is 3. The fourth-order valence-corrected chi connectivity index (χ4v) is 2.19. The molecule has 3 aromatic rings. The van der Waals surface area contributed by atoms with Crippen molar-refractivity contribution in [1.29, 1.82) is 0 Å². The highest BCUT2D eigenvalue weighted by atomic mass is 19.4. The van der Waals surface area contributed by atoms with Crippen LogP contribution in [0.1, 0.15) is 11.1 Å². The molecule has 0 spiro atoms. The molecule has 3 aromatic carbocycles. The fraction of sp³-hybridized carbons (Fsp3) is 0.0500. The highest BCUT2D eigenvalue weighted by molar-refractivity contribution is 5.80. The Hall–Kier alpha value is -3.28. The summed E-state index contributed by atoms with van der Waals surface area (Å²) in [6.07, 6.45) is -2.86. The van der Waals surface area contributed by atoms with E-state index in [1.807, 2.05) is 30.3 Å². The molecule has 0 bridgehead atoms. The summed E-state index contributed by atoms with van der Waals surface area (Å²) in [5.41, 5.74) is 2.92. The normalized spacial score (nSPS) is 11.5. The molecule has 0 unspecified atom stereocenters. The summed E-state index contributed by atoms with van der Waals surface area (Å²) >= 11 is 0. The van der Waals surface area contributed by atoms with Gasteiger partial charge in [-0.25, -0.2) is 0 Å². The molecule has 0 aliphatic carbocycles. The van der Waals surface area contributed by atoms with Crippen LogP contribution in [-0.4, -0.2) is 6.21 Å². The van der Waals surface area contributed by atoms with Gasteiger partial charge in [0.25, 0.3) is 0 Å². The van der Waals surface area contributed by atoms with Crippen LogP contribution in [0.4, 0.5) is 18.9 Å². The van der Waals surface area contributed by atoms with Gasteiger partial charge in [0.1, 0.15) is 11.5 Å². The molecule has 132 valence electrons. The third kappa shape index (κ3) is 4.86. The van der Waals surface area contributed by atoms with E-state index in [4.69, 9.17) is 4.74 Å². The van der Waals surface area contributed by atoms with E-state index < -0.39 is 11.7 Å².